The van der Waals surface area contributed by atoms with Gasteiger partial charge in [-0.1, -0.05) is 6.92 Å². The molecule has 0 aromatic heterocycles. The second-order valence-electron chi connectivity index (χ2n) is 1.88. The summed E-state index contributed by atoms with van der Waals surface area (Å²) < 4.78 is 18.8. The molecule has 0 aliphatic heterocycles. The third-order valence-corrected chi connectivity index (χ3v) is 2.37. The van der Waals surface area contributed by atoms with Crippen molar-refractivity contribution in [3.8, 4) is 0 Å². The minimum Gasteiger partial charge on any atom is -0.300 e. The van der Waals surface area contributed by atoms with Crippen molar-refractivity contribution in [2.45, 2.75) is 25.1 Å². The van der Waals surface area contributed by atoms with E-state index in [4.69, 9.17) is 9.95 Å². The Hall–Kier alpha value is -0.470. The van der Waals surface area contributed by atoms with Crippen LogP contribution in [0.5, 0.6) is 0 Å². The van der Waals surface area contributed by atoms with Gasteiger partial charge in [0, 0.05) is 13.3 Å². The van der Waals surface area contributed by atoms with E-state index in [9.17, 15) is 4.21 Å². The monoisotopic (exact) mass is 149 g/mol. The standard InChI is InChI=1S/C4H8N2O2S/c1-3-4(2,6-5)9(7)8/h3H2,1-2H3/p+1. The first kappa shape index (κ1) is 8.53. The maximum atomic E-state index is 10.3. The Morgan fingerprint density at radius 3 is 2.33 bits per heavy atom. The SMILES string of the molecule is CCC(C)([N+]#N)S(=O)O. The predicted molar refractivity (Wildman–Crippen MR) is 34.6 cm³/mol. The lowest BCUT2D eigenvalue weighted by Gasteiger charge is -1.98. The van der Waals surface area contributed by atoms with Crippen molar-refractivity contribution < 1.29 is 8.76 Å². The smallest absolute Gasteiger partial charge is 0.300 e. The highest BCUT2D eigenvalue weighted by Gasteiger charge is 2.43. The molecule has 0 bridgehead atoms. The number of rotatable bonds is 2. The average Bonchev–Trinajstić information content (AvgIpc) is 1.86. The summed E-state index contributed by atoms with van der Waals surface area (Å²) in [6.07, 6.45) is 0.340. The summed E-state index contributed by atoms with van der Waals surface area (Å²) in [4.78, 5) is 1.58. The zero-order valence-electron chi connectivity index (χ0n) is 5.37. The molecule has 52 valence electrons. The van der Waals surface area contributed by atoms with Crippen LogP contribution in [-0.2, 0) is 11.1 Å². The van der Waals surface area contributed by atoms with E-state index in [-0.39, 0.29) is 0 Å². The molecule has 0 rings (SSSR count). The molecule has 0 saturated carbocycles. The summed E-state index contributed by atoms with van der Waals surface area (Å²) in [6.45, 7) is 3.08. The molecule has 0 radical (unpaired) electrons. The van der Waals surface area contributed by atoms with E-state index in [0.717, 1.165) is 0 Å². The second-order valence-corrected chi connectivity index (χ2v) is 3.26. The van der Waals surface area contributed by atoms with Crippen LogP contribution in [0.3, 0.4) is 0 Å². The lowest BCUT2D eigenvalue weighted by molar-refractivity contribution is 0.523. The largest absolute Gasteiger partial charge is 0.415 e. The summed E-state index contributed by atoms with van der Waals surface area (Å²) in [7, 11) is 0. The van der Waals surface area contributed by atoms with Gasteiger partial charge in [0.2, 0.25) is 16.5 Å². The Morgan fingerprint density at radius 1 is 1.89 bits per heavy atom. The van der Waals surface area contributed by atoms with Crippen molar-refractivity contribution in [1.82, 2.24) is 0 Å². The highest BCUT2D eigenvalue weighted by molar-refractivity contribution is 7.80. The van der Waals surface area contributed by atoms with Crippen LogP contribution >= 0.6 is 0 Å². The van der Waals surface area contributed by atoms with Gasteiger partial charge in [0.05, 0.1) is 0 Å². The first-order chi connectivity index (χ1) is 4.06. The molecule has 0 aliphatic rings. The molecule has 1 N–H and O–H groups in total. The molecule has 2 unspecified atom stereocenters. The van der Waals surface area contributed by atoms with Gasteiger partial charge in [-0.15, -0.1) is 0 Å². The fourth-order valence-electron chi connectivity index (χ4n) is 0.229. The number of hydrogen-bond acceptors (Lipinski definition) is 2. The molecule has 0 saturated heterocycles. The lowest BCUT2D eigenvalue weighted by atomic mass is 10.3. The molecule has 0 heterocycles. The number of nitrogens with zero attached hydrogens (tertiary/aromatic N) is 2. The zero-order chi connectivity index (χ0) is 7.49. The minimum absolute atomic E-state index is 0.340. The lowest BCUT2D eigenvalue weighted by Crippen LogP contribution is -2.24. The van der Waals surface area contributed by atoms with Gasteiger partial charge in [-0.3, -0.25) is 4.55 Å². The maximum Gasteiger partial charge on any atom is 0.415 e. The van der Waals surface area contributed by atoms with Crippen molar-refractivity contribution >= 4 is 11.1 Å². The Kier molecular flexibility index (Phi) is 2.74. The van der Waals surface area contributed by atoms with Crippen LogP contribution in [0, 0.1) is 5.39 Å². The Balaban J connectivity index is 4.33. The van der Waals surface area contributed by atoms with Crippen LogP contribution in [0.15, 0.2) is 0 Å². The van der Waals surface area contributed by atoms with Crippen molar-refractivity contribution in [2.24, 2.45) is 0 Å². The van der Waals surface area contributed by atoms with E-state index in [2.05, 4.69) is 4.98 Å². The molecule has 0 aliphatic carbocycles. The molecule has 0 spiro atoms. The molecule has 2 atom stereocenters. The van der Waals surface area contributed by atoms with Gasteiger partial charge in [0.1, 0.15) is 4.98 Å². The van der Waals surface area contributed by atoms with Gasteiger partial charge in [0.25, 0.3) is 0 Å². The highest BCUT2D eigenvalue weighted by atomic mass is 32.2. The average molecular weight is 149 g/mol. The molecule has 0 aromatic carbocycles. The number of diazo groups is 1. The first-order valence-electron chi connectivity index (χ1n) is 2.54. The summed E-state index contributed by atoms with van der Waals surface area (Å²) in [5.74, 6) is 0. The summed E-state index contributed by atoms with van der Waals surface area (Å²) >= 11 is -2.09. The van der Waals surface area contributed by atoms with Crippen LogP contribution in [0.1, 0.15) is 20.3 Å². The second kappa shape index (κ2) is 2.90. The van der Waals surface area contributed by atoms with E-state index in [1.165, 1.54) is 6.92 Å². The maximum absolute atomic E-state index is 10.3. The minimum atomic E-state index is -2.09. The predicted octanol–water partition coefficient (Wildman–Crippen LogP) is 1.19. The Morgan fingerprint density at radius 2 is 2.33 bits per heavy atom. The fraction of sp³-hybridized carbons (Fsp3) is 1.00. The van der Waals surface area contributed by atoms with Crippen LogP contribution in [0.2, 0.25) is 0 Å². The van der Waals surface area contributed by atoms with E-state index in [0.29, 0.717) is 6.42 Å². The van der Waals surface area contributed by atoms with Gasteiger partial charge in [-0.2, -0.15) is 0 Å². The molecule has 4 nitrogen and oxygen atoms in total. The highest BCUT2D eigenvalue weighted by Crippen LogP contribution is 2.17. The van der Waals surface area contributed by atoms with Crippen LogP contribution in [0.4, 0.5) is 0 Å². The van der Waals surface area contributed by atoms with Crippen LogP contribution in [-0.4, -0.2) is 13.6 Å². The zero-order valence-corrected chi connectivity index (χ0v) is 6.18. The molecular formula is C4H9N2O2S+. The molecule has 0 fully saturated rings. The summed E-state index contributed by atoms with van der Waals surface area (Å²) in [6, 6.07) is 0. The van der Waals surface area contributed by atoms with Crippen molar-refractivity contribution in [1.29, 1.82) is 5.39 Å². The Labute approximate surface area is 56.2 Å². The molecule has 9 heavy (non-hydrogen) atoms. The van der Waals surface area contributed by atoms with E-state index in [1.54, 1.807) is 6.92 Å². The van der Waals surface area contributed by atoms with Gasteiger partial charge < -0.3 is 0 Å². The van der Waals surface area contributed by atoms with Gasteiger partial charge in [-0.05, 0) is 0 Å². The third-order valence-electron chi connectivity index (χ3n) is 1.24. The van der Waals surface area contributed by atoms with Crippen molar-refractivity contribution in [3.05, 3.63) is 4.98 Å². The first-order valence-corrected chi connectivity index (χ1v) is 3.64. The molecule has 5 heteroatoms. The molecule has 0 aromatic rings. The number of hydrogen-bond donors (Lipinski definition) is 1. The van der Waals surface area contributed by atoms with E-state index in [1.807, 2.05) is 0 Å². The van der Waals surface area contributed by atoms with E-state index < -0.39 is 16.0 Å². The van der Waals surface area contributed by atoms with Crippen LogP contribution in [0.25, 0.3) is 4.98 Å². The molecular weight excluding hydrogens is 140 g/mol. The summed E-state index contributed by atoms with van der Waals surface area (Å²) in [5, 5.41) is 8.23. The normalized spacial score (nSPS) is 19.8. The fourth-order valence-corrected chi connectivity index (χ4v) is 0.546. The quantitative estimate of drug-likeness (QED) is 0.473. The van der Waals surface area contributed by atoms with Gasteiger partial charge in [-0.25, -0.2) is 4.21 Å². The van der Waals surface area contributed by atoms with E-state index >= 15 is 0 Å². The Bertz CT molecular complexity index is 164. The van der Waals surface area contributed by atoms with Crippen molar-refractivity contribution in [2.75, 3.05) is 0 Å². The third kappa shape index (κ3) is 1.73. The van der Waals surface area contributed by atoms with Crippen molar-refractivity contribution in [3.63, 3.8) is 0 Å². The van der Waals surface area contributed by atoms with Crippen LogP contribution < -0.4 is 0 Å². The topological polar surface area (TPSA) is 65.5 Å². The van der Waals surface area contributed by atoms with Gasteiger partial charge in [0.15, 0.2) is 0 Å². The summed E-state index contributed by atoms with van der Waals surface area (Å²) in [5.41, 5.74) is 0. The molecule has 0 amide bonds. The van der Waals surface area contributed by atoms with Gasteiger partial charge >= 0.3 is 4.87 Å².